The molecule has 11 heavy (non-hydrogen) atoms. The predicted octanol–water partition coefficient (Wildman–Crippen LogP) is 0.839. The number of nitriles is 1. The zero-order valence-electron chi connectivity index (χ0n) is 5.33. The molecule has 0 amide bonds. The first-order chi connectivity index (χ1) is 5.31. The summed E-state index contributed by atoms with van der Waals surface area (Å²) < 4.78 is 0. The monoisotopic (exact) mass is 160 g/mol. The molecule has 0 aromatic rings. The van der Waals surface area contributed by atoms with Gasteiger partial charge in [-0.25, -0.2) is 10.1 Å². The Morgan fingerprint density at radius 1 is 1.55 bits per heavy atom. The van der Waals surface area contributed by atoms with Gasteiger partial charge in [-0.3, -0.25) is 0 Å². The van der Waals surface area contributed by atoms with Crippen molar-refractivity contribution in [2.75, 3.05) is 0 Å². The van der Waals surface area contributed by atoms with Crippen LogP contribution in [0.3, 0.4) is 0 Å². The zero-order valence-corrected chi connectivity index (χ0v) is 6.14. The molecule has 0 bridgehead atoms. The van der Waals surface area contributed by atoms with E-state index in [1.807, 2.05) is 5.97 Å². The molecule has 0 atom stereocenters. The normalized spacial score (nSPS) is 14.8. The molecular formula is C5HBN4S. The van der Waals surface area contributed by atoms with Gasteiger partial charge in [0, 0.05) is 0 Å². The summed E-state index contributed by atoms with van der Waals surface area (Å²) in [6, 6.07) is 0. The van der Waals surface area contributed by atoms with Crippen LogP contribution in [0.25, 0.3) is 9.69 Å². The van der Waals surface area contributed by atoms with Crippen LogP contribution in [0.2, 0.25) is 0 Å². The van der Waals surface area contributed by atoms with Gasteiger partial charge in [0.05, 0.1) is 12.5 Å². The van der Waals surface area contributed by atoms with Crippen molar-refractivity contribution in [2.24, 2.45) is 0 Å². The highest BCUT2D eigenvalue weighted by molar-refractivity contribution is 8.29. The quantitative estimate of drug-likeness (QED) is 0.421. The van der Waals surface area contributed by atoms with Gasteiger partial charge in [-0.15, -0.1) is 11.6 Å². The number of rotatable bonds is 0. The summed E-state index contributed by atoms with van der Waals surface area (Å²) in [5.74, 6) is 2.11. The molecule has 0 unspecified atom stereocenters. The van der Waals surface area contributed by atoms with Gasteiger partial charge in [-0.1, -0.05) is 6.57 Å². The van der Waals surface area contributed by atoms with E-state index in [0.717, 1.165) is 11.6 Å². The molecule has 1 N–H and O–H groups in total. The van der Waals surface area contributed by atoms with E-state index in [2.05, 4.69) is 14.9 Å². The molecule has 0 fully saturated rings. The Bertz CT molecular complexity index is 302. The smallest absolute Gasteiger partial charge is 0.392 e. The van der Waals surface area contributed by atoms with E-state index in [0.29, 0.717) is 0 Å². The summed E-state index contributed by atoms with van der Waals surface area (Å²) >= 11 is 1.08. The van der Waals surface area contributed by atoms with E-state index in [-0.39, 0.29) is 10.9 Å². The van der Waals surface area contributed by atoms with E-state index in [1.165, 1.54) is 0 Å². The molecule has 0 aromatic carbocycles. The zero-order chi connectivity index (χ0) is 8.27. The van der Waals surface area contributed by atoms with Gasteiger partial charge in [-0.05, 0) is 0 Å². The number of hydrogen-bond acceptors (Lipinski definition) is 3. The largest absolute Gasteiger partial charge is 0.531 e. The van der Waals surface area contributed by atoms with Crippen LogP contribution in [0.15, 0.2) is 10.9 Å². The summed E-state index contributed by atoms with van der Waals surface area (Å²) in [6.07, 6.45) is -0.469. The maximum Gasteiger partial charge on any atom is 0.531 e. The fourth-order valence-electron chi connectivity index (χ4n) is 0.601. The Kier molecular flexibility index (Phi) is 2.06. The Morgan fingerprint density at radius 2 is 2.27 bits per heavy atom. The lowest BCUT2D eigenvalue weighted by Crippen LogP contribution is -2.22. The van der Waals surface area contributed by atoms with Gasteiger partial charge >= 0.3 is 6.13 Å². The fraction of sp³-hybridized carbons (Fsp3) is 0. The molecule has 50 valence electrons. The summed E-state index contributed by atoms with van der Waals surface area (Å²) in [7, 11) is 0. The van der Waals surface area contributed by atoms with E-state index >= 15 is 0 Å². The summed E-state index contributed by atoms with van der Waals surface area (Å²) in [5, 5.41) is 11.3. The first kappa shape index (κ1) is 7.53. The molecule has 6 heteroatoms. The van der Waals surface area contributed by atoms with Gasteiger partial charge in [0.25, 0.3) is 0 Å². The Labute approximate surface area is 68.5 Å². The van der Waals surface area contributed by atoms with Gasteiger partial charge in [-0.2, -0.15) is 0 Å². The standard InChI is InChI=1S/C5HBN4S/c1-8-4-5(9-2)11-6(3-7)10-4/h10H. The van der Waals surface area contributed by atoms with Crippen LogP contribution < -0.4 is 5.23 Å². The number of nitrogens with zero attached hydrogens (tertiary/aromatic N) is 3. The number of nitrogens with one attached hydrogen (secondary N) is 1. The average Bonchev–Trinajstić information content (AvgIpc) is 2.46. The van der Waals surface area contributed by atoms with Crippen molar-refractivity contribution in [3.8, 4) is 5.97 Å². The molecule has 0 saturated heterocycles. The lowest BCUT2D eigenvalue weighted by atomic mass is 9.97. The lowest BCUT2D eigenvalue weighted by molar-refractivity contribution is 1.24. The second kappa shape index (κ2) is 3.01. The van der Waals surface area contributed by atoms with Crippen molar-refractivity contribution >= 4 is 17.7 Å². The van der Waals surface area contributed by atoms with Crippen molar-refractivity contribution in [2.45, 2.75) is 0 Å². The second-order valence-corrected chi connectivity index (χ2v) is 2.74. The Hall–Kier alpha value is -1.58. The van der Waals surface area contributed by atoms with E-state index < -0.39 is 6.13 Å². The maximum atomic E-state index is 8.43. The third-order valence-corrected chi connectivity index (χ3v) is 2.00. The summed E-state index contributed by atoms with van der Waals surface area (Å²) in [5.41, 5.74) is 0. The Balaban J connectivity index is 2.86. The van der Waals surface area contributed by atoms with Crippen molar-refractivity contribution in [1.29, 1.82) is 5.26 Å². The second-order valence-electron chi connectivity index (χ2n) is 1.65. The maximum absolute atomic E-state index is 8.43. The molecule has 0 spiro atoms. The molecule has 1 rings (SSSR count). The highest BCUT2D eigenvalue weighted by Crippen LogP contribution is 2.28. The summed E-state index contributed by atoms with van der Waals surface area (Å²) in [6.45, 7) is 13.3. The minimum absolute atomic E-state index is 0.191. The summed E-state index contributed by atoms with van der Waals surface area (Å²) in [4.78, 5) is 6.17. The van der Waals surface area contributed by atoms with E-state index in [9.17, 15) is 0 Å². The fourth-order valence-corrected chi connectivity index (χ4v) is 1.32. The van der Waals surface area contributed by atoms with Crippen LogP contribution in [0.4, 0.5) is 0 Å². The van der Waals surface area contributed by atoms with Crippen LogP contribution in [0.5, 0.6) is 0 Å². The molecule has 0 aliphatic carbocycles. The van der Waals surface area contributed by atoms with E-state index in [1.54, 1.807) is 0 Å². The van der Waals surface area contributed by atoms with Gasteiger partial charge in [0.15, 0.2) is 0 Å². The van der Waals surface area contributed by atoms with Crippen molar-refractivity contribution in [3.05, 3.63) is 33.7 Å². The first-order valence-electron chi connectivity index (χ1n) is 2.64. The molecule has 4 nitrogen and oxygen atoms in total. The van der Waals surface area contributed by atoms with Crippen molar-refractivity contribution in [1.82, 2.24) is 5.23 Å². The molecule has 0 saturated carbocycles. The van der Waals surface area contributed by atoms with Gasteiger partial charge < -0.3 is 10.1 Å². The first-order valence-corrected chi connectivity index (χ1v) is 3.51. The molecule has 1 aliphatic heterocycles. The minimum atomic E-state index is -0.469. The van der Waals surface area contributed by atoms with Crippen LogP contribution in [0, 0.1) is 24.4 Å². The minimum Gasteiger partial charge on any atom is -0.392 e. The van der Waals surface area contributed by atoms with Crippen molar-refractivity contribution < 1.29 is 0 Å². The van der Waals surface area contributed by atoms with Crippen LogP contribution in [0.1, 0.15) is 0 Å². The molecule has 1 heterocycles. The number of hydrogen-bond donors (Lipinski definition) is 1. The van der Waals surface area contributed by atoms with Crippen LogP contribution in [-0.2, 0) is 0 Å². The molecular weight excluding hydrogens is 159 g/mol. The average molecular weight is 160 g/mol. The van der Waals surface area contributed by atoms with Crippen LogP contribution in [-0.4, -0.2) is 6.13 Å². The lowest BCUT2D eigenvalue weighted by Gasteiger charge is -1.90. The Morgan fingerprint density at radius 3 is 2.64 bits per heavy atom. The third-order valence-electron chi connectivity index (χ3n) is 1.03. The van der Waals surface area contributed by atoms with Crippen LogP contribution >= 0.6 is 11.6 Å². The SMILES string of the molecule is [C-]#[N+]C1=C([N+]#[C-])SB(C#N)N1. The molecule has 0 aromatic heterocycles. The molecule has 1 aliphatic rings. The topological polar surface area (TPSA) is 44.5 Å². The predicted molar refractivity (Wildman–Crippen MR) is 42.3 cm³/mol. The van der Waals surface area contributed by atoms with Gasteiger partial charge in [0.2, 0.25) is 10.9 Å². The third kappa shape index (κ3) is 1.29. The molecule has 0 radical (unpaired) electrons. The highest BCUT2D eigenvalue weighted by atomic mass is 32.2. The van der Waals surface area contributed by atoms with Gasteiger partial charge in [0.1, 0.15) is 0 Å². The van der Waals surface area contributed by atoms with E-state index in [4.69, 9.17) is 18.4 Å². The van der Waals surface area contributed by atoms with Crippen molar-refractivity contribution in [3.63, 3.8) is 0 Å². The highest BCUT2D eigenvalue weighted by Gasteiger charge is 2.31.